The molecule has 2 bridgehead atoms. The van der Waals surface area contributed by atoms with Gasteiger partial charge in [0.15, 0.2) is 0 Å². The fraction of sp³-hybridized carbons (Fsp3) is 0.917. The molecule has 3 aliphatic rings. The van der Waals surface area contributed by atoms with Gasteiger partial charge in [-0.05, 0) is 33.6 Å². The first-order valence-electron chi connectivity index (χ1n) is 5.67. The van der Waals surface area contributed by atoms with Crippen molar-refractivity contribution in [2.24, 2.45) is 5.41 Å². The van der Waals surface area contributed by atoms with Crippen molar-refractivity contribution in [1.82, 2.24) is 0 Å². The number of hydrogen-bond acceptors (Lipinski definition) is 4. The minimum Gasteiger partial charge on any atom is -0.459 e. The normalized spacial score (nSPS) is 37.0. The molecular formula is C12H20O4. The fourth-order valence-electron chi connectivity index (χ4n) is 2.67. The molecule has 1 saturated carbocycles. The molecule has 2 heterocycles. The van der Waals surface area contributed by atoms with Crippen molar-refractivity contribution in [2.45, 2.75) is 44.8 Å². The van der Waals surface area contributed by atoms with Gasteiger partial charge in [-0.1, -0.05) is 0 Å². The molecule has 0 aromatic rings. The molecule has 0 amide bonds. The highest BCUT2D eigenvalue weighted by atomic mass is 16.6. The molecule has 2 saturated heterocycles. The summed E-state index contributed by atoms with van der Waals surface area (Å²) >= 11 is 0. The van der Waals surface area contributed by atoms with Gasteiger partial charge < -0.3 is 14.2 Å². The molecule has 92 valence electrons. The Balaban J connectivity index is 1.97. The van der Waals surface area contributed by atoms with Crippen LogP contribution in [-0.2, 0) is 19.0 Å². The second-order valence-electron chi connectivity index (χ2n) is 6.04. The lowest BCUT2D eigenvalue weighted by atomic mass is 9.62. The number of carbonyl (C=O) groups excluding carboxylic acids is 1. The smallest absolute Gasteiger partial charge is 0.315 e. The Morgan fingerprint density at radius 1 is 1.38 bits per heavy atom. The van der Waals surface area contributed by atoms with Crippen LogP contribution in [0.3, 0.4) is 0 Å². The summed E-state index contributed by atoms with van der Waals surface area (Å²) in [4.78, 5) is 12.0. The fourth-order valence-corrected chi connectivity index (χ4v) is 2.67. The maximum atomic E-state index is 12.0. The number of hydrogen-bond donors (Lipinski definition) is 0. The SMILES string of the molecule is COCC12CC(C(=O)OC(C)(C)C)(CO1)C2. The highest BCUT2D eigenvalue weighted by Gasteiger charge is 2.67. The summed E-state index contributed by atoms with van der Waals surface area (Å²) in [6.45, 7) is 6.71. The van der Waals surface area contributed by atoms with E-state index in [0.29, 0.717) is 13.2 Å². The average Bonchev–Trinajstić information content (AvgIpc) is 2.56. The van der Waals surface area contributed by atoms with Crippen molar-refractivity contribution in [3.63, 3.8) is 0 Å². The maximum absolute atomic E-state index is 12.0. The highest BCUT2D eigenvalue weighted by Crippen LogP contribution is 2.58. The number of rotatable bonds is 3. The van der Waals surface area contributed by atoms with Crippen LogP contribution in [0.25, 0.3) is 0 Å². The lowest BCUT2D eigenvalue weighted by Crippen LogP contribution is -2.52. The zero-order valence-electron chi connectivity index (χ0n) is 10.5. The molecule has 0 N–H and O–H groups in total. The number of carbonyl (C=O) groups is 1. The number of esters is 1. The Kier molecular flexibility index (Phi) is 2.55. The first-order valence-corrected chi connectivity index (χ1v) is 5.67. The van der Waals surface area contributed by atoms with Crippen molar-refractivity contribution in [1.29, 1.82) is 0 Å². The average molecular weight is 228 g/mol. The quantitative estimate of drug-likeness (QED) is 0.687. The Hall–Kier alpha value is -0.610. The predicted octanol–water partition coefficient (Wildman–Crippen LogP) is 1.52. The van der Waals surface area contributed by atoms with Crippen LogP contribution in [0.1, 0.15) is 33.6 Å². The summed E-state index contributed by atoms with van der Waals surface area (Å²) < 4.78 is 16.2. The van der Waals surface area contributed by atoms with E-state index in [4.69, 9.17) is 14.2 Å². The van der Waals surface area contributed by atoms with Gasteiger partial charge in [0.1, 0.15) is 5.60 Å². The zero-order chi connectivity index (χ0) is 12.0. The number of ether oxygens (including phenoxy) is 3. The molecule has 16 heavy (non-hydrogen) atoms. The molecule has 4 nitrogen and oxygen atoms in total. The van der Waals surface area contributed by atoms with E-state index in [1.807, 2.05) is 20.8 Å². The van der Waals surface area contributed by atoms with Crippen LogP contribution >= 0.6 is 0 Å². The van der Waals surface area contributed by atoms with E-state index in [-0.39, 0.29) is 11.6 Å². The molecule has 4 heteroatoms. The summed E-state index contributed by atoms with van der Waals surface area (Å²) in [6.07, 6.45) is 1.48. The van der Waals surface area contributed by atoms with E-state index in [9.17, 15) is 4.79 Å². The summed E-state index contributed by atoms with van der Waals surface area (Å²) in [6, 6.07) is 0. The van der Waals surface area contributed by atoms with Crippen LogP contribution in [0, 0.1) is 5.41 Å². The van der Waals surface area contributed by atoms with Gasteiger partial charge in [-0.25, -0.2) is 0 Å². The van der Waals surface area contributed by atoms with E-state index in [2.05, 4.69) is 0 Å². The monoisotopic (exact) mass is 228 g/mol. The van der Waals surface area contributed by atoms with Gasteiger partial charge in [0.25, 0.3) is 0 Å². The van der Waals surface area contributed by atoms with Crippen LogP contribution in [0.4, 0.5) is 0 Å². The van der Waals surface area contributed by atoms with Gasteiger partial charge in [-0.15, -0.1) is 0 Å². The molecule has 0 unspecified atom stereocenters. The topological polar surface area (TPSA) is 44.8 Å². The van der Waals surface area contributed by atoms with Crippen LogP contribution < -0.4 is 0 Å². The van der Waals surface area contributed by atoms with Gasteiger partial charge in [-0.3, -0.25) is 4.79 Å². The summed E-state index contributed by atoms with van der Waals surface area (Å²) in [5.41, 5.74) is -1.04. The van der Waals surface area contributed by atoms with E-state index in [1.165, 1.54) is 0 Å². The highest BCUT2D eigenvalue weighted by molar-refractivity contribution is 5.80. The molecular weight excluding hydrogens is 208 g/mol. The Morgan fingerprint density at radius 3 is 2.50 bits per heavy atom. The zero-order valence-corrected chi connectivity index (χ0v) is 10.5. The third-order valence-corrected chi connectivity index (χ3v) is 3.22. The van der Waals surface area contributed by atoms with E-state index in [1.54, 1.807) is 7.11 Å². The van der Waals surface area contributed by atoms with E-state index in [0.717, 1.165) is 12.8 Å². The standard InChI is InChI=1S/C12H20O4/c1-10(2,3)16-9(13)11-5-12(6-11,8-14-4)15-7-11/h5-8H2,1-4H3. The van der Waals surface area contributed by atoms with Crippen LogP contribution in [-0.4, -0.2) is 37.5 Å². The van der Waals surface area contributed by atoms with Crippen molar-refractivity contribution in [3.05, 3.63) is 0 Å². The van der Waals surface area contributed by atoms with Crippen molar-refractivity contribution in [2.75, 3.05) is 20.3 Å². The lowest BCUT2D eigenvalue weighted by Gasteiger charge is -2.43. The van der Waals surface area contributed by atoms with Crippen molar-refractivity contribution >= 4 is 5.97 Å². The van der Waals surface area contributed by atoms with Crippen LogP contribution in [0.15, 0.2) is 0 Å². The summed E-state index contributed by atoms with van der Waals surface area (Å²) in [7, 11) is 1.66. The van der Waals surface area contributed by atoms with Gasteiger partial charge in [0.2, 0.25) is 0 Å². The molecule has 0 atom stereocenters. The molecule has 0 spiro atoms. The minimum atomic E-state index is -0.423. The third kappa shape index (κ3) is 1.84. The third-order valence-electron chi connectivity index (χ3n) is 3.22. The minimum absolute atomic E-state index is 0.121. The van der Waals surface area contributed by atoms with Gasteiger partial charge in [0.05, 0.1) is 24.2 Å². The molecule has 0 radical (unpaired) electrons. The Morgan fingerprint density at radius 2 is 2.00 bits per heavy atom. The van der Waals surface area contributed by atoms with Gasteiger partial charge in [0, 0.05) is 7.11 Å². The van der Waals surface area contributed by atoms with E-state index < -0.39 is 11.0 Å². The van der Waals surface area contributed by atoms with Crippen LogP contribution in [0.5, 0.6) is 0 Å². The molecule has 0 aromatic carbocycles. The molecule has 1 aliphatic carbocycles. The van der Waals surface area contributed by atoms with Crippen molar-refractivity contribution in [3.8, 4) is 0 Å². The van der Waals surface area contributed by atoms with E-state index >= 15 is 0 Å². The van der Waals surface area contributed by atoms with Gasteiger partial charge in [-0.2, -0.15) is 0 Å². The maximum Gasteiger partial charge on any atom is 0.315 e. The Bertz CT molecular complexity index is 297. The molecule has 2 aliphatic heterocycles. The second kappa shape index (κ2) is 3.44. The Labute approximate surface area is 96.2 Å². The number of methoxy groups -OCH3 is 1. The first-order chi connectivity index (χ1) is 7.31. The summed E-state index contributed by atoms with van der Waals surface area (Å²) in [5.74, 6) is -0.121. The first kappa shape index (κ1) is 11.9. The molecule has 3 rings (SSSR count). The van der Waals surface area contributed by atoms with Crippen molar-refractivity contribution < 1.29 is 19.0 Å². The molecule has 3 fully saturated rings. The predicted molar refractivity (Wildman–Crippen MR) is 58.1 cm³/mol. The largest absolute Gasteiger partial charge is 0.459 e. The van der Waals surface area contributed by atoms with Gasteiger partial charge >= 0.3 is 5.97 Å². The summed E-state index contributed by atoms with van der Waals surface area (Å²) in [5, 5.41) is 0. The number of fused-ring (bicyclic) bond motifs is 1. The van der Waals surface area contributed by atoms with Crippen LogP contribution in [0.2, 0.25) is 0 Å². The molecule has 0 aromatic heterocycles. The lowest BCUT2D eigenvalue weighted by molar-refractivity contribution is -0.174. The second-order valence-corrected chi connectivity index (χ2v) is 6.04.